The summed E-state index contributed by atoms with van der Waals surface area (Å²) in [6.07, 6.45) is 10.2. The third-order valence-electron chi connectivity index (χ3n) is 4.29. The predicted molar refractivity (Wildman–Crippen MR) is 53.7 cm³/mol. The first-order chi connectivity index (χ1) is 7.40. The maximum Gasteiger partial charge on any atom is 0.110 e. The van der Waals surface area contributed by atoms with Crippen LogP contribution in [0.2, 0.25) is 0 Å². The quantitative estimate of drug-likeness (QED) is 0.650. The number of epoxide rings is 2. The molecule has 0 bridgehead atoms. The largest absolute Gasteiger partial charge is 0.372 e. The van der Waals surface area contributed by atoms with Crippen molar-refractivity contribution >= 4 is 0 Å². The molecule has 0 aromatic rings. The molecule has 4 aliphatic rings. The monoisotopic (exact) mass is 210 g/mol. The van der Waals surface area contributed by atoms with Crippen molar-refractivity contribution in [1.29, 1.82) is 0 Å². The summed E-state index contributed by atoms with van der Waals surface area (Å²) in [4.78, 5) is 0. The van der Waals surface area contributed by atoms with Crippen LogP contribution in [-0.2, 0) is 14.2 Å². The second kappa shape index (κ2) is 3.19. The van der Waals surface area contributed by atoms with Crippen LogP contribution in [0.1, 0.15) is 38.5 Å². The van der Waals surface area contributed by atoms with Gasteiger partial charge in [-0.2, -0.15) is 0 Å². The lowest BCUT2D eigenvalue weighted by molar-refractivity contribution is -0.0445. The molecule has 3 heteroatoms. The van der Waals surface area contributed by atoms with E-state index in [2.05, 4.69) is 0 Å². The highest BCUT2D eigenvalue weighted by atomic mass is 16.6. The molecule has 2 saturated heterocycles. The summed E-state index contributed by atoms with van der Waals surface area (Å²) >= 11 is 0. The van der Waals surface area contributed by atoms with E-state index in [-0.39, 0.29) is 0 Å². The van der Waals surface area contributed by atoms with Gasteiger partial charge in [0, 0.05) is 6.42 Å². The zero-order chi connectivity index (χ0) is 9.83. The van der Waals surface area contributed by atoms with Gasteiger partial charge in [0.15, 0.2) is 0 Å². The number of hydrogen-bond acceptors (Lipinski definition) is 3. The van der Waals surface area contributed by atoms with Crippen molar-refractivity contribution in [2.45, 2.75) is 75.1 Å². The fourth-order valence-corrected chi connectivity index (χ4v) is 3.28. The van der Waals surface area contributed by atoms with E-state index in [1.165, 1.54) is 32.1 Å². The molecule has 2 aliphatic carbocycles. The summed E-state index contributed by atoms with van der Waals surface area (Å²) in [6, 6.07) is 0. The highest BCUT2D eigenvalue weighted by Crippen LogP contribution is 2.42. The summed E-state index contributed by atoms with van der Waals surface area (Å²) in [7, 11) is 0. The van der Waals surface area contributed by atoms with Gasteiger partial charge in [0.1, 0.15) is 6.10 Å². The first-order valence-electron chi connectivity index (χ1n) is 6.36. The van der Waals surface area contributed by atoms with E-state index in [0.29, 0.717) is 36.6 Å². The average Bonchev–Trinajstić information content (AvgIpc) is 3.12. The van der Waals surface area contributed by atoms with E-state index in [0.717, 1.165) is 6.42 Å². The van der Waals surface area contributed by atoms with Gasteiger partial charge < -0.3 is 14.2 Å². The van der Waals surface area contributed by atoms with Gasteiger partial charge in [0.25, 0.3) is 0 Å². The lowest BCUT2D eigenvalue weighted by Gasteiger charge is -2.26. The molecule has 0 spiro atoms. The second-order valence-corrected chi connectivity index (χ2v) is 5.39. The molecule has 2 saturated carbocycles. The molecule has 3 nitrogen and oxygen atoms in total. The van der Waals surface area contributed by atoms with E-state index >= 15 is 0 Å². The Morgan fingerprint density at radius 3 is 2.80 bits per heavy atom. The number of fused-ring (bicyclic) bond motifs is 2. The summed E-state index contributed by atoms with van der Waals surface area (Å²) in [5.74, 6) is 0. The van der Waals surface area contributed by atoms with Gasteiger partial charge in [-0.3, -0.25) is 0 Å². The van der Waals surface area contributed by atoms with Crippen LogP contribution in [0.3, 0.4) is 0 Å². The lowest BCUT2D eigenvalue weighted by Crippen LogP contribution is -2.32. The van der Waals surface area contributed by atoms with Crippen LogP contribution in [0.5, 0.6) is 0 Å². The zero-order valence-corrected chi connectivity index (χ0v) is 8.93. The molecule has 4 fully saturated rings. The van der Waals surface area contributed by atoms with Crippen molar-refractivity contribution in [1.82, 2.24) is 0 Å². The topological polar surface area (TPSA) is 34.3 Å². The lowest BCUT2D eigenvalue weighted by atomic mass is 9.95. The van der Waals surface area contributed by atoms with Gasteiger partial charge in [0.05, 0.1) is 30.5 Å². The van der Waals surface area contributed by atoms with Crippen molar-refractivity contribution < 1.29 is 14.2 Å². The zero-order valence-electron chi connectivity index (χ0n) is 8.93. The first kappa shape index (κ1) is 8.97. The Hall–Kier alpha value is -0.120. The molecule has 84 valence electrons. The minimum absolute atomic E-state index is 0.393. The SMILES string of the molecule is C1CC(OC2CCC3OC3C2)C2OC2C1. The number of hydrogen-bond donors (Lipinski definition) is 0. The molecule has 0 N–H and O–H groups in total. The van der Waals surface area contributed by atoms with E-state index < -0.39 is 0 Å². The first-order valence-corrected chi connectivity index (χ1v) is 6.36. The average molecular weight is 210 g/mol. The van der Waals surface area contributed by atoms with Crippen molar-refractivity contribution in [2.24, 2.45) is 0 Å². The van der Waals surface area contributed by atoms with Crippen molar-refractivity contribution in [3.05, 3.63) is 0 Å². The van der Waals surface area contributed by atoms with Crippen molar-refractivity contribution in [2.75, 3.05) is 0 Å². The number of rotatable bonds is 2. The van der Waals surface area contributed by atoms with Crippen LogP contribution in [-0.4, -0.2) is 36.6 Å². The Morgan fingerprint density at radius 2 is 1.87 bits per heavy atom. The minimum Gasteiger partial charge on any atom is -0.372 e. The van der Waals surface area contributed by atoms with Gasteiger partial charge in [-0.15, -0.1) is 0 Å². The molecule has 2 aliphatic heterocycles. The Balaban J connectivity index is 1.34. The highest BCUT2D eigenvalue weighted by Gasteiger charge is 2.50. The van der Waals surface area contributed by atoms with Crippen LogP contribution in [0.25, 0.3) is 0 Å². The molecule has 6 unspecified atom stereocenters. The van der Waals surface area contributed by atoms with E-state index in [9.17, 15) is 0 Å². The van der Waals surface area contributed by atoms with Gasteiger partial charge >= 0.3 is 0 Å². The molecule has 0 radical (unpaired) electrons. The maximum absolute atomic E-state index is 6.18. The van der Waals surface area contributed by atoms with Crippen LogP contribution < -0.4 is 0 Å². The molecule has 0 amide bonds. The molecule has 15 heavy (non-hydrogen) atoms. The van der Waals surface area contributed by atoms with Crippen molar-refractivity contribution in [3.63, 3.8) is 0 Å². The van der Waals surface area contributed by atoms with Crippen LogP contribution in [0.15, 0.2) is 0 Å². The maximum atomic E-state index is 6.18. The second-order valence-electron chi connectivity index (χ2n) is 5.39. The number of ether oxygens (including phenoxy) is 3. The molecule has 6 atom stereocenters. The fraction of sp³-hybridized carbons (Fsp3) is 1.00. The summed E-state index contributed by atoms with van der Waals surface area (Å²) in [5.41, 5.74) is 0. The molecule has 4 rings (SSSR count). The van der Waals surface area contributed by atoms with Gasteiger partial charge in [0.2, 0.25) is 0 Å². The Kier molecular flexibility index (Phi) is 1.91. The van der Waals surface area contributed by atoms with Crippen LogP contribution >= 0.6 is 0 Å². The summed E-state index contributed by atoms with van der Waals surface area (Å²) in [6.45, 7) is 0. The normalized spacial score (nSPS) is 56.8. The standard InChI is InChI=1S/C12H18O3/c1-2-9(12-10(3-1)15-12)13-7-4-5-8-11(6-7)14-8/h7-12H,1-6H2. The molecule has 0 aromatic heterocycles. The molecule has 2 heterocycles. The van der Waals surface area contributed by atoms with Gasteiger partial charge in [-0.25, -0.2) is 0 Å². The fourth-order valence-electron chi connectivity index (χ4n) is 3.28. The Labute approximate surface area is 90.1 Å². The predicted octanol–water partition coefficient (Wildman–Crippen LogP) is 1.64. The summed E-state index contributed by atoms with van der Waals surface area (Å²) < 4.78 is 17.3. The van der Waals surface area contributed by atoms with Crippen LogP contribution in [0, 0.1) is 0 Å². The van der Waals surface area contributed by atoms with Crippen molar-refractivity contribution in [3.8, 4) is 0 Å². The molecule has 0 aromatic carbocycles. The van der Waals surface area contributed by atoms with E-state index in [4.69, 9.17) is 14.2 Å². The van der Waals surface area contributed by atoms with E-state index in [1.807, 2.05) is 0 Å². The molecular formula is C12H18O3. The summed E-state index contributed by atoms with van der Waals surface area (Å²) in [5, 5.41) is 0. The Bertz CT molecular complexity index is 268. The minimum atomic E-state index is 0.393. The Morgan fingerprint density at radius 1 is 0.867 bits per heavy atom. The highest BCUT2D eigenvalue weighted by molar-refractivity contribution is 4.98. The van der Waals surface area contributed by atoms with Gasteiger partial charge in [-0.1, -0.05) is 0 Å². The third-order valence-corrected chi connectivity index (χ3v) is 4.29. The van der Waals surface area contributed by atoms with Crippen LogP contribution in [0.4, 0.5) is 0 Å². The van der Waals surface area contributed by atoms with E-state index in [1.54, 1.807) is 0 Å². The molecular weight excluding hydrogens is 192 g/mol. The third kappa shape index (κ3) is 1.61. The smallest absolute Gasteiger partial charge is 0.110 e. The van der Waals surface area contributed by atoms with Gasteiger partial charge in [-0.05, 0) is 32.1 Å².